The second-order valence-electron chi connectivity index (χ2n) is 4.17. The standard InChI is InChI=1S/C12H11Cl2NO3S/c1-8-5-9(18-15-8)6-19(16,17)7-10-11(13)3-2-4-12(10)14/h2-5H,6-7H2,1H3. The fraction of sp³-hybridized carbons (Fsp3) is 0.250. The number of sulfone groups is 1. The minimum Gasteiger partial charge on any atom is -0.360 e. The Morgan fingerprint density at radius 1 is 1.21 bits per heavy atom. The van der Waals surface area contributed by atoms with Crippen LogP contribution in [0.1, 0.15) is 17.0 Å². The van der Waals surface area contributed by atoms with Crippen molar-refractivity contribution in [3.63, 3.8) is 0 Å². The molecular formula is C12H11Cl2NO3S. The van der Waals surface area contributed by atoms with Gasteiger partial charge >= 0.3 is 0 Å². The molecule has 0 spiro atoms. The fourth-order valence-corrected chi connectivity index (χ4v) is 3.75. The number of hydrogen-bond donors (Lipinski definition) is 0. The van der Waals surface area contributed by atoms with Crippen molar-refractivity contribution in [2.45, 2.75) is 18.4 Å². The summed E-state index contributed by atoms with van der Waals surface area (Å²) in [7, 11) is -3.42. The molecule has 1 aromatic carbocycles. The summed E-state index contributed by atoms with van der Waals surface area (Å²) in [5.41, 5.74) is 1.04. The van der Waals surface area contributed by atoms with Gasteiger partial charge in [-0.15, -0.1) is 0 Å². The van der Waals surface area contributed by atoms with Gasteiger partial charge in [0.05, 0.1) is 11.4 Å². The zero-order valence-corrected chi connectivity index (χ0v) is 12.4. The quantitative estimate of drug-likeness (QED) is 0.866. The van der Waals surface area contributed by atoms with Crippen LogP contribution >= 0.6 is 23.2 Å². The smallest absolute Gasteiger partial charge is 0.161 e. The number of aryl methyl sites for hydroxylation is 1. The first-order valence-electron chi connectivity index (χ1n) is 5.43. The van der Waals surface area contributed by atoms with E-state index in [1.54, 1.807) is 31.2 Å². The van der Waals surface area contributed by atoms with Crippen molar-refractivity contribution >= 4 is 33.0 Å². The van der Waals surface area contributed by atoms with Crippen LogP contribution in [0.5, 0.6) is 0 Å². The lowest BCUT2D eigenvalue weighted by Crippen LogP contribution is -2.08. The van der Waals surface area contributed by atoms with E-state index >= 15 is 0 Å². The van der Waals surface area contributed by atoms with E-state index in [4.69, 9.17) is 27.7 Å². The van der Waals surface area contributed by atoms with Crippen LogP contribution < -0.4 is 0 Å². The molecule has 0 aliphatic carbocycles. The number of rotatable bonds is 4. The van der Waals surface area contributed by atoms with Gasteiger partial charge in [0.25, 0.3) is 0 Å². The molecule has 0 radical (unpaired) electrons. The molecule has 0 unspecified atom stereocenters. The summed E-state index contributed by atoms with van der Waals surface area (Å²) < 4.78 is 29.1. The largest absolute Gasteiger partial charge is 0.360 e. The molecule has 4 nitrogen and oxygen atoms in total. The highest BCUT2D eigenvalue weighted by molar-refractivity contribution is 7.89. The third-order valence-electron chi connectivity index (χ3n) is 2.46. The normalized spacial score (nSPS) is 11.7. The maximum atomic E-state index is 12.1. The lowest BCUT2D eigenvalue weighted by atomic mass is 10.2. The summed E-state index contributed by atoms with van der Waals surface area (Å²) in [5.74, 6) is -0.152. The summed E-state index contributed by atoms with van der Waals surface area (Å²) in [6, 6.07) is 6.47. The van der Waals surface area contributed by atoms with Crippen LogP contribution in [0.2, 0.25) is 10.0 Å². The molecule has 19 heavy (non-hydrogen) atoms. The van der Waals surface area contributed by atoms with Gasteiger partial charge in [0, 0.05) is 21.7 Å². The van der Waals surface area contributed by atoms with E-state index in [0.29, 0.717) is 27.1 Å². The second-order valence-corrected chi connectivity index (χ2v) is 7.05. The molecule has 0 saturated carbocycles. The van der Waals surface area contributed by atoms with Crippen molar-refractivity contribution in [2.24, 2.45) is 0 Å². The molecule has 2 rings (SSSR count). The minimum atomic E-state index is -3.42. The Bertz CT molecular complexity index is 675. The van der Waals surface area contributed by atoms with Crippen molar-refractivity contribution < 1.29 is 12.9 Å². The van der Waals surface area contributed by atoms with Gasteiger partial charge in [-0.1, -0.05) is 34.4 Å². The van der Waals surface area contributed by atoms with Gasteiger partial charge in [-0.3, -0.25) is 0 Å². The van der Waals surface area contributed by atoms with Crippen molar-refractivity contribution in [2.75, 3.05) is 0 Å². The van der Waals surface area contributed by atoms with Gasteiger partial charge < -0.3 is 4.52 Å². The molecule has 7 heteroatoms. The zero-order valence-electron chi connectivity index (χ0n) is 10.1. The summed E-state index contributed by atoms with van der Waals surface area (Å²) in [6.07, 6.45) is 0. The third kappa shape index (κ3) is 3.72. The average molecular weight is 320 g/mol. The van der Waals surface area contributed by atoms with Gasteiger partial charge in [0.2, 0.25) is 0 Å². The fourth-order valence-electron chi connectivity index (χ4n) is 1.64. The number of benzene rings is 1. The van der Waals surface area contributed by atoms with Crippen LogP contribution in [0, 0.1) is 6.92 Å². The van der Waals surface area contributed by atoms with Crippen molar-refractivity contribution in [3.05, 3.63) is 51.3 Å². The molecule has 102 valence electrons. The van der Waals surface area contributed by atoms with E-state index in [1.807, 2.05) is 0 Å². The van der Waals surface area contributed by atoms with Crippen molar-refractivity contribution in [1.82, 2.24) is 5.16 Å². The Hall–Kier alpha value is -1.04. The topological polar surface area (TPSA) is 60.2 Å². The molecule has 0 aliphatic rings. The highest BCUT2D eigenvalue weighted by atomic mass is 35.5. The number of aromatic nitrogens is 1. The number of halogens is 2. The summed E-state index contributed by atoms with van der Waals surface area (Å²) in [5, 5.41) is 4.33. The van der Waals surface area contributed by atoms with E-state index in [2.05, 4.69) is 5.16 Å². The molecule has 0 saturated heterocycles. The SMILES string of the molecule is Cc1cc(CS(=O)(=O)Cc2c(Cl)cccc2Cl)on1. The Morgan fingerprint density at radius 3 is 2.37 bits per heavy atom. The maximum Gasteiger partial charge on any atom is 0.161 e. The molecule has 0 atom stereocenters. The van der Waals surface area contributed by atoms with Crippen LogP contribution in [-0.2, 0) is 21.3 Å². The Balaban J connectivity index is 2.22. The van der Waals surface area contributed by atoms with E-state index < -0.39 is 9.84 Å². The van der Waals surface area contributed by atoms with Crippen molar-refractivity contribution in [1.29, 1.82) is 0 Å². The van der Waals surface area contributed by atoms with Crippen molar-refractivity contribution in [3.8, 4) is 0 Å². The molecule has 0 amide bonds. The molecule has 2 aromatic rings. The monoisotopic (exact) mass is 319 g/mol. The predicted octanol–water partition coefficient (Wildman–Crippen LogP) is 3.40. The second kappa shape index (κ2) is 5.53. The highest BCUT2D eigenvalue weighted by Gasteiger charge is 2.19. The first kappa shape index (κ1) is 14.4. The number of nitrogens with zero attached hydrogens (tertiary/aromatic N) is 1. The first-order chi connectivity index (χ1) is 8.87. The summed E-state index contributed by atoms with van der Waals surface area (Å²) in [6.45, 7) is 1.73. The summed E-state index contributed by atoms with van der Waals surface area (Å²) >= 11 is 11.9. The predicted molar refractivity (Wildman–Crippen MR) is 74.0 cm³/mol. The van der Waals surface area contributed by atoms with Gasteiger partial charge in [-0.25, -0.2) is 8.42 Å². The van der Waals surface area contributed by atoms with Crippen LogP contribution in [0.3, 0.4) is 0 Å². The van der Waals surface area contributed by atoms with Gasteiger partial charge in [0.15, 0.2) is 15.6 Å². The molecule has 0 fully saturated rings. The Morgan fingerprint density at radius 2 is 1.84 bits per heavy atom. The molecular weight excluding hydrogens is 309 g/mol. The number of hydrogen-bond acceptors (Lipinski definition) is 4. The van der Waals surface area contributed by atoms with Crippen LogP contribution in [0.15, 0.2) is 28.8 Å². The Labute approximate surface area is 121 Å². The average Bonchev–Trinajstić information content (AvgIpc) is 2.69. The molecule has 0 N–H and O–H groups in total. The zero-order chi connectivity index (χ0) is 14.0. The maximum absolute atomic E-state index is 12.1. The van der Waals surface area contributed by atoms with E-state index in [0.717, 1.165) is 0 Å². The van der Waals surface area contributed by atoms with Gasteiger partial charge in [-0.2, -0.15) is 0 Å². The van der Waals surface area contributed by atoms with Crippen LogP contribution in [0.4, 0.5) is 0 Å². The lowest BCUT2D eigenvalue weighted by Gasteiger charge is -2.06. The van der Waals surface area contributed by atoms with E-state index in [9.17, 15) is 8.42 Å². The summed E-state index contributed by atoms with van der Waals surface area (Å²) in [4.78, 5) is 0. The van der Waals surface area contributed by atoms with E-state index in [-0.39, 0.29) is 11.5 Å². The molecule has 1 heterocycles. The molecule has 0 aliphatic heterocycles. The van der Waals surface area contributed by atoms with E-state index in [1.165, 1.54) is 0 Å². The van der Waals surface area contributed by atoms with Crippen LogP contribution in [0.25, 0.3) is 0 Å². The minimum absolute atomic E-state index is 0.227. The molecule has 1 aromatic heterocycles. The van der Waals surface area contributed by atoms with Gasteiger partial charge in [-0.05, 0) is 19.1 Å². The third-order valence-corrected chi connectivity index (χ3v) is 4.63. The van der Waals surface area contributed by atoms with Crippen LogP contribution in [-0.4, -0.2) is 13.6 Å². The lowest BCUT2D eigenvalue weighted by molar-refractivity contribution is 0.388. The Kier molecular flexibility index (Phi) is 4.18. The van der Waals surface area contributed by atoms with Gasteiger partial charge in [0.1, 0.15) is 5.75 Å². The highest BCUT2D eigenvalue weighted by Crippen LogP contribution is 2.27. The molecule has 0 bridgehead atoms. The first-order valence-corrected chi connectivity index (χ1v) is 8.00.